The van der Waals surface area contributed by atoms with Gasteiger partial charge in [0, 0.05) is 29.8 Å². The van der Waals surface area contributed by atoms with Gasteiger partial charge in [0.05, 0.1) is 16.5 Å². The minimum Gasteiger partial charge on any atom is -0.333 e. The molecule has 0 spiro atoms. The summed E-state index contributed by atoms with van der Waals surface area (Å²) in [4.78, 5) is 18.1. The summed E-state index contributed by atoms with van der Waals surface area (Å²) in [5.41, 5.74) is 0.298. The zero-order valence-corrected chi connectivity index (χ0v) is 14.7. The Labute approximate surface area is 130 Å². The highest BCUT2D eigenvalue weighted by Crippen LogP contribution is 2.15. The van der Waals surface area contributed by atoms with Crippen LogP contribution in [0.5, 0.6) is 0 Å². The number of thiazole rings is 1. The van der Waals surface area contributed by atoms with Gasteiger partial charge in [-0.3, -0.25) is 4.79 Å². The van der Waals surface area contributed by atoms with Crippen molar-refractivity contribution in [2.75, 3.05) is 18.6 Å². The molecule has 118 valence electrons. The van der Waals surface area contributed by atoms with E-state index in [4.69, 9.17) is 0 Å². The van der Waals surface area contributed by atoms with E-state index in [1.165, 1.54) is 23.7 Å². The highest BCUT2D eigenvalue weighted by Gasteiger charge is 2.25. The Morgan fingerprint density at radius 3 is 2.48 bits per heavy atom. The molecular weight excluding hydrogens is 308 g/mol. The summed E-state index contributed by atoms with van der Waals surface area (Å²) in [5.74, 6) is -0.253. The van der Waals surface area contributed by atoms with E-state index in [9.17, 15) is 13.2 Å². The maximum absolute atomic E-state index is 12.3. The molecule has 0 saturated carbocycles. The summed E-state index contributed by atoms with van der Waals surface area (Å²) in [6, 6.07) is 0. The largest absolute Gasteiger partial charge is 0.333 e. The first kappa shape index (κ1) is 17.8. The average Bonchev–Trinajstić information content (AvgIpc) is 2.69. The zero-order chi connectivity index (χ0) is 16.3. The molecule has 1 aromatic rings. The van der Waals surface area contributed by atoms with Gasteiger partial charge in [0.2, 0.25) is 5.91 Å². The van der Waals surface area contributed by atoms with E-state index in [0.717, 1.165) is 10.7 Å². The van der Waals surface area contributed by atoms with E-state index in [2.05, 4.69) is 4.98 Å². The number of rotatable bonds is 5. The molecule has 0 aliphatic carbocycles. The van der Waals surface area contributed by atoms with Gasteiger partial charge in [-0.2, -0.15) is 0 Å². The van der Waals surface area contributed by atoms with Crippen molar-refractivity contribution in [3.63, 3.8) is 0 Å². The van der Waals surface area contributed by atoms with Crippen LogP contribution in [0.4, 0.5) is 0 Å². The molecule has 1 rings (SSSR count). The quantitative estimate of drug-likeness (QED) is 0.776. The van der Waals surface area contributed by atoms with Crippen molar-refractivity contribution in [2.45, 2.75) is 33.2 Å². The molecule has 5 nitrogen and oxygen atoms in total. The summed E-state index contributed by atoms with van der Waals surface area (Å²) in [6.07, 6.45) is 4.28. The lowest BCUT2D eigenvalue weighted by Gasteiger charge is -2.34. The second-order valence-electron chi connectivity index (χ2n) is 5.92. The molecule has 0 bridgehead atoms. The third kappa shape index (κ3) is 6.39. The minimum atomic E-state index is -3.11. The summed E-state index contributed by atoms with van der Waals surface area (Å²) >= 11 is 1.52. The molecule has 0 aromatic carbocycles. The van der Waals surface area contributed by atoms with Gasteiger partial charge >= 0.3 is 0 Å². The van der Waals surface area contributed by atoms with Gasteiger partial charge in [0.1, 0.15) is 9.84 Å². The van der Waals surface area contributed by atoms with E-state index >= 15 is 0 Å². The van der Waals surface area contributed by atoms with Crippen molar-refractivity contribution in [2.24, 2.45) is 0 Å². The molecule has 0 atom stereocenters. The monoisotopic (exact) mass is 330 g/mol. The topological polar surface area (TPSA) is 67.3 Å². The highest BCUT2D eigenvalue weighted by molar-refractivity contribution is 7.90. The molecule has 21 heavy (non-hydrogen) atoms. The van der Waals surface area contributed by atoms with Gasteiger partial charge in [-0.1, -0.05) is 0 Å². The molecule has 0 N–H and O–H groups in total. The first-order valence-electron chi connectivity index (χ1n) is 6.58. The molecule has 0 unspecified atom stereocenters. The van der Waals surface area contributed by atoms with Crippen LogP contribution >= 0.6 is 11.3 Å². The SMILES string of the molecule is Cc1nc(C=CC(=O)N(CCS(C)(=O)=O)C(C)(C)C)cs1. The van der Waals surface area contributed by atoms with E-state index in [1.54, 1.807) is 11.0 Å². The first-order chi connectivity index (χ1) is 9.49. The Morgan fingerprint density at radius 1 is 1.43 bits per heavy atom. The Bertz CT molecular complexity index is 625. The van der Waals surface area contributed by atoms with E-state index < -0.39 is 15.4 Å². The molecule has 0 fully saturated rings. The van der Waals surface area contributed by atoms with Gasteiger partial charge in [0.25, 0.3) is 0 Å². The number of aryl methyl sites for hydroxylation is 1. The number of hydrogen-bond acceptors (Lipinski definition) is 5. The molecule has 1 heterocycles. The second kappa shape index (κ2) is 6.70. The predicted octanol–water partition coefficient (Wildman–Crippen LogP) is 2.14. The lowest BCUT2D eigenvalue weighted by atomic mass is 10.1. The fourth-order valence-corrected chi connectivity index (χ4v) is 2.83. The fourth-order valence-electron chi connectivity index (χ4n) is 1.74. The van der Waals surface area contributed by atoms with E-state index in [-0.39, 0.29) is 18.2 Å². The number of carbonyl (C=O) groups is 1. The number of nitrogens with zero attached hydrogens (tertiary/aromatic N) is 2. The van der Waals surface area contributed by atoms with Crippen LogP contribution in [0.2, 0.25) is 0 Å². The van der Waals surface area contributed by atoms with Crippen LogP contribution in [0, 0.1) is 6.92 Å². The zero-order valence-electron chi connectivity index (χ0n) is 13.1. The number of aromatic nitrogens is 1. The summed E-state index contributed by atoms with van der Waals surface area (Å²) < 4.78 is 22.6. The van der Waals surface area contributed by atoms with Crippen LogP contribution in [0.1, 0.15) is 31.5 Å². The minimum absolute atomic E-state index is 0.0420. The lowest BCUT2D eigenvalue weighted by molar-refractivity contribution is -0.130. The van der Waals surface area contributed by atoms with E-state index in [1.807, 2.05) is 33.1 Å². The van der Waals surface area contributed by atoms with Gasteiger partial charge in [0.15, 0.2) is 0 Å². The molecular formula is C14H22N2O3S2. The Morgan fingerprint density at radius 2 is 2.05 bits per heavy atom. The van der Waals surface area contributed by atoms with Gasteiger partial charge in [-0.15, -0.1) is 11.3 Å². The number of carbonyl (C=O) groups excluding carboxylic acids is 1. The smallest absolute Gasteiger partial charge is 0.247 e. The number of sulfone groups is 1. The fraction of sp³-hybridized carbons (Fsp3) is 0.571. The Hall–Kier alpha value is -1.21. The van der Waals surface area contributed by atoms with Crippen molar-refractivity contribution < 1.29 is 13.2 Å². The Kier molecular flexibility index (Phi) is 5.69. The third-order valence-electron chi connectivity index (χ3n) is 2.79. The van der Waals surface area contributed by atoms with Crippen LogP contribution < -0.4 is 0 Å². The summed E-state index contributed by atoms with van der Waals surface area (Å²) in [7, 11) is -3.11. The van der Waals surface area contributed by atoms with Crippen LogP contribution in [-0.2, 0) is 14.6 Å². The van der Waals surface area contributed by atoms with Gasteiger partial charge in [-0.25, -0.2) is 13.4 Å². The van der Waals surface area contributed by atoms with Gasteiger partial charge in [-0.05, 0) is 33.8 Å². The molecule has 0 saturated heterocycles. The first-order valence-corrected chi connectivity index (χ1v) is 9.52. The number of amides is 1. The molecule has 0 aliphatic rings. The van der Waals surface area contributed by atoms with Crippen molar-refractivity contribution >= 4 is 33.2 Å². The highest BCUT2D eigenvalue weighted by atomic mass is 32.2. The second-order valence-corrected chi connectivity index (χ2v) is 9.24. The molecule has 7 heteroatoms. The Balaban J connectivity index is 2.83. The van der Waals surface area contributed by atoms with Crippen molar-refractivity contribution in [3.05, 3.63) is 22.2 Å². The maximum atomic E-state index is 12.3. The molecule has 0 radical (unpaired) electrons. The predicted molar refractivity (Wildman–Crippen MR) is 87.1 cm³/mol. The normalized spacial score (nSPS) is 12.8. The number of hydrogen-bond donors (Lipinski definition) is 0. The average molecular weight is 330 g/mol. The van der Waals surface area contributed by atoms with E-state index in [0.29, 0.717) is 0 Å². The molecule has 1 aromatic heterocycles. The van der Waals surface area contributed by atoms with Crippen LogP contribution in [0.3, 0.4) is 0 Å². The van der Waals surface area contributed by atoms with Gasteiger partial charge < -0.3 is 4.90 Å². The maximum Gasteiger partial charge on any atom is 0.247 e. The molecule has 1 amide bonds. The molecule has 0 aliphatic heterocycles. The summed E-state index contributed by atoms with van der Waals surface area (Å²) in [6.45, 7) is 7.73. The standard InChI is InChI=1S/C14H22N2O3S2/c1-11-15-12(10-20-11)6-7-13(17)16(14(2,3)4)8-9-21(5,18)19/h6-7,10H,8-9H2,1-5H3. The van der Waals surface area contributed by atoms with Crippen LogP contribution in [0.25, 0.3) is 6.08 Å². The van der Waals surface area contributed by atoms with Crippen molar-refractivity contribution in [1.82, 2.24) is 9.88 Å². The van der Waals surface area contributed by atoms with Crippen LogP contribution in [-0.4, -0.2) is 48.3 Å². The third-order valence-corrected chi connectivity index (χ3v) is 4.51. The lowest BCUT2D eigenvalue weighted by Crippen LogP contribution is -2.47. The summed E-state index contributed by atoms with van der Waals surface area (Å²) in [5, 5.41) is 2.81. The van der Waals surface area contributed by atoms with Crippen LogP contribution in [0.15, 0.2) is 11.5 Å². The van der Waals surface area contributed by atoms with Crippen molar-refractivity contribution in [3.8, 4) is 0 Å². The van der Waals surface area contributed by atoms with Crippen molar-refractivity contribution in [1.29, 1.82) is 0 Å².